The fourth-order valence-electron chi connectivity index (χ4n) is 17.8. The number of para-hydroxylation sites is 5. The predicted octanol–water partition coefficient (Wildman–Crippen LogP) is 25.1. The molecule has 8 heterocycles. The lowest BCUT2D eigenvalue weighted by Crippen LogP contribution is -2.08. The molecular weight excluding hydrogens is 1420 g/mol. The van der Waals surface area contributed by atoms with E-state index >= 15 is 0 Å². The van der Waals surface area contributed by atoms with Gasteiger partial charge in [-0.2, -0.15) is 0 Å². The normalized spacial score (nSPS) is 12.2. The summed E-state index contributed by atoms with van der Waals surface area (Å²) in [5, 5.41) is 13.7. The Labute approximate surface area is 641 Å². The van der Waals surface area contributed by atoms with E-state index in [0.29, 0.717) is 54.6 Å². The van der Waals surface area contributed by atoms with Crippen molar-refractivity contribution in [1.29, 1.82) is 0 Å². The Morgan fingerprint density at radius 3 is 0.875 bits per heavy atom. The molecule has 10 nitrogen and oxygen atoms in total. The summed E-state index contributed by atoms with van der Waals surface area (Å²) in [4.78, 5) is 56.5. The van der Waals surface area contributed by atoms with Crippen LogP contribution < -0.4 is 21.7 Å². The highest BCUT2D eigenvalue weighted by molar-refractivity contribution is 7.25. The third-order valence-electron chi connectivity index (χ3n) is 23.2. The van der Waals surface area contributed by atoms with Gasteiger partial charge in [0.1, 0.15) is 22.3 Å². The van der Waals surface area contributed by atoms with E-state index in [-0.39, 0.29) is 21.7 Å². The van der Waals surface area contributed by atoms with Crippen LogP contribution in [-0.4, -0.2) is 18.7 Å². The largest absolute Gasteiger partial charge is 0.456 e. The van der Waals surface area contributed by atoms with Gasteiger partial charge in [0, 0.05) is 83.4 Å². The number of nitrogens with zero attached hydrogens (tertiary/aromatic N) is 4. The number of rotatable bonds is 7. The fraction of sp³-hybridized carbons (Fsp3) is 0. The van der Waals surface area contributed by atoms with Crippen molar-refractivity contribution in [2.75, 3.05) is 0 Å². The second kappa shape index (κ2) is 23.5. The molecule has 0 aliphatic heterocycles. The van der Waals surface area contributed by atoms with Crippen LogP contribution in [0.3, 0.4) is 0 Å². The van der Waals surface area contributed by atoms with Crippen LogP contribution in [0.15, 0.2) is 356 Å². The summed E-state index contributed by atoms with van der Waals surface area (Å²) in [5.74, 6) is 0. The van der Waals surface area contributed by atoms with Gasteiger partial charge in [-0.15, -0.1) is 22.7 Å². The van der Waals surface area contributed by atoms with Crippen LogP contribution in [0.4, 0.5) is 0 Å². The molecule has 0 N–H and O–H groups in total. The molecule has 0 saturated carbocycles. The standard InChI is InChI=1S/C100H54N4O6S2/c105-97-69-17-5-11-23-89(69)109-91-51-61(25-35-70(91)97)55-29-39-85-75(45-55)65-13-1-7-19-81(65)101(85)102-82-20-8-2-14-66(82)76-46-56(30-40-86(76)102)62-26-36-71-92(52-62)110-90-43-33-59(49-79(90)98(71)106)60-34-44-94-80(50-60)100(108)74-38-28-64(54-96(74)112-94)58-32-42-88-78(48-58)68-16-4-10-22-84(68)104(88)103-83-21-9-3-15-67(83)77-47-57(31-41-87(77)103)63-27-37-73-95(53-63)111-93-24-12-6-18-72(93)99(73)107/h1-54H. The van der Waals surface area contributed by atoms with Gasteiger partial charge >= 0.3 is 0 Å². The van der Waals surface area contributed by atoms with E-state index in [9.17, 15) is 19.2 Å². The van der Waals surface area contributed by atoms with Gasteiger partial charge in [0.2, 0.25) is 10.9 Å². The molecule has 0 amide bonds. The molecule has 0 fully saturated rings. The zero-order valence-corrected chi connectivity index (χ0v) is 60.9. The summed E-state index contributed by atoms with van der Waals surface area (Å²) in [6.45, 7) is 0. The minimum absolute atomic E-state index is 0.0401. The molecule has 12 heteroatoms. The summed E-state index contributed by atoms with van der Waals surface area (Å²) in [6.07, 6.45) is 0. The quantitative estimate of drug-likeness (QED) is 0.147. The van der Waals surface area contributed by atoms with Crippen molar-refractivity contribution in [3.05, 3.63) is 368 Å². The average molecular weight is 1470 g/mol. The van der Waals surface area contributed by atoms with Crippen molar-refractivity contribution >= 4 is 194 Å². The lowest BCUT2D eigenvalue weighted by atomic mass is 9.99. The first kappa shape index (κ1) is 62.5. The molecule has 24 rings (SSSR count). The minimum atomic E-state index is -0.132. The Balaban J connectivity index is 0.536. The zero-order valence-electron chi connectivity index (χ0n) is 59.2. The number of hydrogen-bond donors (Lipinski definition) is 0. The predicted molar refractivity (Wildman–Crippen MR) is 466 cm³/mol. The molecule has 16 aromatic carbocycles. The van der Waals surface area contributed by atoms with Gasteiger partial charge in [0.15, 0.2) is 10.9 Å². The molecular formula is C100H54N4O6S2. The average Bonchev–Trinajstić information content (AvgIpc) is 1.55. The van der Waals surface area contributed by atoms with Crippen LogP contribution in [-0.2, 0) is 0 Å². The lowest BCUT2D eigenvalue weighted by Gasteiger charge is -2.14. The number of hydrogen-bond acceptors (Lipinski definition) is 8. The van der Waals surface area contributed by atoms with Crippen LogP contribution in [0.5, 0.6) is 0 Å². The molecule has 0 atom stereocenters. The molecule has 112 heavy (non-hydrogen) atoms. The van der Waals surface area contributed by atoms with E-state index in [1.54, 1.807) is 28.7 Å². The van der Waals surface area contributed by atoms with E-state index in [1.807, 2.05) is 127 Å². The van der Waals surface area contributed by atoms with E-state index in [2.05, 4.69) is 213 Å². The first-order valence-electron chi connectivity index (χ1n) is 37.2. The Morgan fingerprint density at radius 1 is 0.170 bits per heavy atom. The minimum Gasteiger partial charge on any atom is -0.456 e. The van der Waals surface area contributed by atoms with Crippen molar-refractivity contribution in [1.82, 2.24) is 18.7 Å². The molecule has 0 bridgehead atoms. The number of benzene rings is 16. The van der Waals surface area contributed by atoms with E-state index < -0.39 is 0 Å². The summed E-state index contributed by atoms with van der Waals surface area (Å²) < 4.78 is 26.0. The van der Waals surface area contributed by atoms with Crippen molar-refractivity contribution in [2.24, 2.45) is 0 Å². The van der Waals surface area contributed by atoms with Crippen molar-refractivity contribution < 1.29 is 8.83 Å². The van der Waals surface area contributed by atoms with Crippen molar-refractivity contribution in [3.8, 4) is 55.6 Å². The van der Waals surface area contributed by atoms with Gasteiger partial charge in [-0.05, 0) is 225 Å². The molecule has 0 spiro atoms. The fourth-order valence-corrected chi connectivity index (χ4v) is 20.0. The third kappa shape index (κ3) is 9.12. The summed E-state index contributed by atoms with van der Waals surface area (Å²) >= 11 is 3.26. The Bertz CT molecular complexity index is 8160. The first-order valence-corrected chi connectivity index (χ1v) is 38.9. The number of fused-ring (bicyclic) bond motifs is 20. The van der Waals surface area contributed by atoms with Crippen LogP contribution in [0.1, 0.15) is 0 Å². The van der Waals surface area contributed by atoms with E-state index in [1.165, 1.54) is 0 Å². The van der Waals surface area contributed by atoms with Gasteiger partial charge in [-0.1, -0.05) is 158 Å². The first-order chi connectivity index (χ1) is 55.1. The monoisotopic (exact) mass is 1470 g/mol. The highest BCUT2D eigenvalue weighted by Crippen LogP contribution is 2.44. The molecule has 0 aliphatic carbocycles. The van der Waals surface area contributed by atoms with Gasteiger partial charge in [-0.3, -0.25) is 19.2 Å². The van der Waals surface area contributed by atoms with E-state index in [4.69, 9.17) is 8.83 Å². The second-order valence-corrected chi connectivity index (χ2v) is 31.4. The van der Waals surface area contributed by atoms with E-state index in [0.717, 1.165) is 172 Å². The van der Waals surface area contributed by atoms with Gasteiger partial charge in [-0.25, -0.2) is 18.7 Å². The molecule has 522 valence electrons. The lowest BCUT2D eigenvalue weighted by molar-refractivity contribution is 0.660. The van der Waals surface area contributed by atoms with Crippen molar-refractivity contribution in [2.45, 2.75) is 0 Å². The van der Waals surface area contributed by atoms with Gasteiger partial charge < -0.3 is 8.83 Å². The van der Waals surface area contributed by atoms with Crippen LogP contribution in [0, 0.1) is 0 Å². The highest BCUT2D eigenvalue weighted by atomic mass is 32.1. The maximum absolute atomic E-state index is 14.8. The topological polar surface area (TPSA) is 114 Å². The summed E-state index contributed by atoms with van der Waals surface area (Å²) in [5.41, 5.74) is 20.1. The maximum Gasteiger partial charge on any atom is 0.200 e. The Kier molecular flexibility index (Phi) is 13.1. The molecule has 0 radical (unpaired) electrons. The Morgan fingerprint density at radius 2 is 0.429 bits per heavy atom. The SMILES string of the molecule is O=c1c2ccccc2oc2cc(-c3ccc4c(c3)c3ccccc3n4-n3c4ccccc4c4cc(-c5ccc6c(=O)c7cc(-c8ccc9sc%10cc(-c%11ccc%12c(c%11)c%11ccccc%11n%12-n%11c%12ccccc%12c%12cc(-c%13ccc%14c(=O)c%15ccccc%15sc%14c%13)ccc%12%11)ccc%10c(=O)c9c8)ccc7oc6c5)ccc43)ccc12. The number of aromatic nitrogens is 4. The molecule has 0 saturated heterocycles. The maximum atomic E-state index is 14.8. The van der Waals surface area contributed by atoms with Crippen LogP contribution in [0.2, 0.25) is 0 Å². The zero-order chi connectivity index (χ0) is 73.9. The van der Waals surface area contributed by atoms with Crippen molar-refractivity contribution in [3.63, 3.8) is 0 Å². The van der Waals surface area contributed by atoms with Gasteiger partial charge in [0.05, 0.1) is 65.7 Å². The third-order valence-corrected chi connectivity index (χ3v) is 25.4. The molecule has 8 aromatic heterocycles. The van der Waals surface area contributed by atoms with Crippen LogP contribution >= 0.6 is 22.7 Å². The smallest absolute Gasteiger partial charge is 0.200 e. The summed E-state index contributed by atoms with van der Waals surface area (Å²) in [6, 6.07) is 112. The Hall–Kier alpha value is -14.6. The second-order valence-electron chi connectivity index (χ2n) is 29.2. The molecule has 0 unspecified atom stereocenters. The van der Waals surface area contributed by atoms with Gasteiger partial charge in [0.25, 0.3) is 0 Å². The molecule has 0 aliphatic rings. The highest BCUT2D eigenvalue weighted by Gasteiger charge is 2.24. The molecule has 24 aromatic rings. The summed E-state index contributed by atoms with van der Waals surface area (Å²) in [7, 11) is 0. The van der Waals surface area contributed by atoms with Crippen LogP contribution in [0.25, 0.3) is 227 Å².